The van der Waals surface area contributed by atoms with Crippen LogP contribution in [0.5, 0.6) is 0 Å². The van der Waals surface area contributed by atoms with Gasteiger partial charge in [0.05, 0.1) is 7.05 Å². The number of hydrogen-bond acceptors (Lipinski definition) is 4. The number of hydrogen-bond donors (Lipinski definition) is 0. The molecule has 5 heteroatoms. The molecule has 0 spiro atoms. The van der Waals surface area contributed by atoms with Crippen LogP contribution in [0.15, 0.2) is 5.16 Å². The van der Waals surface area contributed by atoms with Gasteiger partial charge in [-0.15, -0.1) is 10.2 Å². The summed E-state index contributed by atoms with van der Waals surface area (Å²) in [6, 6.07) is 0. The van der Waals surface area contributed by atoms with Crippen molar-refractivity contribution in [3.8, 4) is 0 Å². The summed E-state index contributed by atoms with van der Waals surface area (Å²) < 4.78 is 0. The molecule has 1 aromatic rings. The van der Waals surface area contributed by atoms with Crippen molar-refractivity contribution >= 4 is 11.8 Å². The fourth-order valence-corrected chi connectivity index (χ4v) is 0.595. The lowest BCUT2D eigenvalue weighted by Gasteiger charge is -1.77. The Kier molecular flexibility index (Phi) is 1.48. The van der Waals surface area contributed by atoms with E-state index in [4.69, 9.17) is 0 Å². The maximum Gasteiger partial charge on any atom is 0.231 e. The normalized spacial score (nSPS) is 9.75. The molecule has 1 aromatic heterocycles. The molecule has 0 N–H and O–H groups in total. The van der Waals surface area contributed by atoms with Crippen LogP contribution in [0.1, 0.15) is 0 Å². The Morgan fingerprint density at radius 2 is 2.50 bits per heavy atom. The smallest absolute Gasteiger partial charge is 0.166 e. The van der Waals surface area contributed by atoms with Crippen molar-refractivity contribution in [3.63, 3.8) is 0 Å². The van der Waals surface area contributed by atoms with E-state index in [1.54, 1.807) is 7.05 Å². The van der Waals surface area contributed by atoms with Crippen molar-refractivity contribution in [2.45, 2.75) is 5.16 Å². The molecule has 0 amide bonds. The predicted molar refractivity (Wildman–Crippen MR) is 30.0 cm³/mol. The summed E-state index contributed by atoms with van der Waals surface area (Å²) in [5, 5.41) is 11.6. The Balaban J connectivity index is 2.84. The standard InChI is InChI=1S/C3H5N4S/c1-7-5-3(8-2)4-6-7/h2H2,1H3. The van der Waals surface area contributed by atoms with Gasteiger partial charge in [0.1, 0.15) is 0 Å². The van der Waals surface area contributed by atoms with E-state index in [1.165, 1.54) is 16.6 Å². The fourth-order valence-electron chi connectivity index (χ4n) is 0.325. The number of nitrogens with zero attached hydrogens (tertiary/aromatic N) is 4. The van der Waals surface area contributed by atoms with Crippen molar-refractivity contribution in [2.24, 2.45) is 7.05 Å². The van der Waals surface area contributed by atoms with E-state index in [2.05, 4.69) is 21.7 Å². The quantitative estimate of drug-likeness (QED) is 0.504. The highest BCUT2D eigenvalue weighted by atomic mass is 32.2. The van der Waals surface area contributed by atoms with Crippen LogP contribution in [0.4, 0.5) is 0 Å². The zero-order valence-corrected chi connectivity index (χ0v) is 5.22. The average Bonchev–Trinajstić information content (AvgIpc) is 2.14. The van der Waals surface area contributed by atoms with Gasteiger partial charge in [0, 0.05) is 6.26 Å². The summed E-state index contributed by atoms with van der Waals surface area (Å²) in [5.41, 5.74) is 0. The van der Waals surface area contributed by atoms with Gasteiger partial charge in [-0.1, -0.05) is 11.8 Å². The first-order valence-corrected chi connectivity index (χ1v) is 2.97. The maximum absolute atomic E-state index is 3.82. The van der Waals surface area contributed by atoms with Gasteiger partial charge in [-0.05, 0) is 5.21 Å². The molecule has 0 saturated carbocycles. The first-order valence-electron chi connectivity index (χ1n) is 1.99. The zero-order chi connectivity index (χ0) is 5.98. The highest BCUT2D eigenvalue weighted by Crippen LogP contribution is 2.04. The van der Waals surface area contributed by atoms with Crippen molar-refractivity contribution in [1.29, 1.82) is 0 Å². The molecule has 0 aromatic carbocycles. The molecule has 43 valence electrons. The summed E-state index contributed by atoms with van der Waals surface area (Å²) in [7, 11) is 1.72. The van der Waals surface area contributed by atoms with Crippen LogP contribution in [0.3, 0.4) is 0 Å². The average molecular weight is 129 g/mol. The second-order valence-electron chi connectivity index (χ2n) is 1.21. The van der Waals surface area contributed by atoms with Gasteiger partial charge in [-0.25, -0.2) is 0 Å². The predicted octanol–water partition coefficient (Wildman–Crippen LogP) is 0.0938. The summed E-state index contributed by atoms with van der Waals surface area (Å²) in [6.45, 7) is 0. The molecular formula is C3H5N4S. The number of rotatable bonds is 1. The maximum atomic E-state index is 3.82. The number of thioether (sulfide) groups is 1. The number of aromatic nitrogens is 4. The SMILES string of the molecule is [CH2]Sc1nnn(C)n1. The highest BCUT2D eigenvalue weighted by molar-refractivity contribution is 8.00. The van der Waals surface area contributed by atoms with E-state index in [0.717, 1.165) is 0 Å². The van der Waals surface area contributed by atoms with Gasteiger partial charge >= 0.3 is 0 Å². The molecule has 0 aliphatic rings. The molecule has 0 aliphatic carbocycles. The molecule has 0 atom stereocenters. The first kappa shape index (κ1) is 5.55. The minimum Gasteiger partial charge on any atom is -0.166 e. The lowest BCUT2D eigenvalue weighted by molar-refractivity contribution is 0.626. The second-order valence-corrected chi connectivity index (χ2v) is 1.86. The minimum atomic E-state index is 0.604. The molecule has 1 heterocycles. The molecular weight excluding hydrogens is 124 g/mol. The van der Waals surface area contributed by atoms with E-state index < -0.39 is 0 Å². The lowest BCUT2D eigenvalue weighted by Crippen LogP contribution is -1.91. The summed E-state index contributed by atoms with van der Waals surface area (Å²) >= 11 is 1.23. The molecule has 4 nitrogen and oxygen atoms in total. The third-order valence-electron chi connectivity index (χ3n) is 0.619. The van der Waals surface area contributed by atoms with Crippen LogP contribution in [0, 0.1) is 6.26 Å². The molecule has 1 rings (SSSR count). The Morgan fingerprint density at radius 1 is 1.75 bits per heavy atom. The van der Waals surface area contributed by atoms with Gasteiger partial charge < -0.3 is 0 Å². The van der Waals surface area contributed by atoms with Crippen LogP contribution in [0.25, 0.3) is 0 Å². The van der Waals surface area contributed by atoms with Crippen LogP contribution < -0.4 is 0 Å². The molecule has 0 unspecified atom stereocenters. The topological polar surface area (TPSA) is 43.6 Å². The van der Waals surface area contributed by atoms with E-state index in [9.17, 15) is 0 Å². The Morgan fingerprint density at radius 3 is 2.75 bits per heavy atom. The third kappa shape index (κ3) is 0.975. The van der Waals surface area contributed by atoms with Crippen molar-refractivity contribution < 1.29 is 0 Å². The monoisotopic (exact) mass is 129 g/mol. The van der Waals surface area contributed by atoms with E-state index in [1.807, 2.05) is 0 Å². The molecule has 8 heavy (non-hydrogen) atoms. The van der Waals surface area contributed by atoms with Gasteiger partial charge in [0.25, 0.3) is 0 Å². The minimum absolute atomic E-state index is 0.604. The Labute approximate surface area is 51.3 Å². The van der Waals surface area contributed by atoms with Crippen LogP contribution in [-0.4, -0.2) is 20.2 Å². The molecule has 0 saturated heterocycles. The summed E-state index contributed by atoms with van der Waals surface area (Å²) in [6.07, 6.45) is 3.51. The number of aryl methyl sites for hydroxylation is 1. The largest absolute Gasteiger partial charge is 0.231 e. The van der Waals surface area contributed by atoms with Crippen LogP contribution >= 0.6 is 11.8 Å². The van der Waals surface area contributed by atoms with Crippen LogP contribution in [0.2, 0.25) is 0 Å². The summed E-state index contributed by atoms with van der Waals surface area (Å²) in [4.78, 5) is 1.40. The Bertz CT molecular complexity index is 172. The molecule has 0 fully saturated rings. The van der Waals surface area contributed by atoms with Crippen LogP contribution in [-0.2, 0) is 7.05 Å². The van der Waals surface area contributed by atoms with E-state index in [0.29, 0.717) is 5.16 Å². The molecule has 1 radical (unpaired) electrons. The highest BCUT2D eigenvalue weighted by Gasteiger charge is 1.93. The third-order valence-corrected chi connectivity index (χ3v) is 1.04. The lowest BCUT2D eigenvalue weighted by atomic mass is 11.4. The van der Waals surface area contributed by atoms with Gasteiger partial charge in [-0.2, -0.15) is 4.80 Å². The van der Waals surface area contributed by atoms with Crippen molar-refractivity contribution in [3.05, 3.63) is 6.26 Å². The van der Waals surface area contributed by atoms with Gasteiger partial charge in [0.2, 0.25) is 5.16 Å². The van der Waals surface area contributed by atoms with Crippen molar-refractivity contribution in [1.82, 2.24) is 20.2 Å². The van der Waals surface area contributed by atoms with E-state index >= 15 is 0 Å². The second kappa shape index (κ2) is 2.13. The fraction of sp³-hybridized carbons (Fsp3) is 0.333. The van der Waals surface area contributed by atoms with E-state index in [-0.39, 0.29) is 0 Å². The molecule has 0 bridgehead atoms. The zero-order valence-electron chi connectivity index (χ0n) is 4.40. The van der Waals surface area contributed by atoms with Gasteiger partial charge in [-0.3, -0.25) is 0 Å². The first-order chi connectivity index (χ1) is 3.83. The Hall–Kier alpha value is -0.580. The van der Waals surface area contributed by atoms with Gasteiger partial charge in [0.15, 0.2) is 0 Å². The number of tetrazole rings is 1. The summed E-state index contributed by atoms with van der Waals surface area (Å²) in [5.74, 6) is 0. The molecule has 0 aliphatic heterocycles. The van der Waals surface area contributed by atoms with Crippen molar-refractivity contribution in [2.75, 3.05) is 0 Å².